The van der Waals surface area contributed by atoms with Crippen LogP contribution in [0.25, 0.3) is 11.0 Å². The van der Waals surface area contributed by atoms with Crippen LogP contribution in [-0.2, 0) is 22.7 Å². The second-order valence-electron chi connectivity index (χ2n) is 7.23. The lowest BCUT2D eigenvalue weighted by Crippen LogP contribution is -2.33. The topological polar surface area (TPSA) is 96.3 Å². The van der Waals surface area contributed by atoms with Crippen molar-refractivity contribution in [3.05, 3.63) is 66.5 Å². The Morgan fingerprint density at radius 3 is 2.67 bits per heavy atom. The smallest absolute Gasteiger partial charge is 0.325 e. The van der Waals surface area contributed by atoms with E-state index in [2.05, 4.69) is 15.6 Å². The van der Waals surface area contributed by atoms with Gasteiger partial charge in [0.25, 0.3) is 5.91 Å². The number of benzene rings is 2. The van der Waals surface area contributed by atoms with Gasteiger partial charge in [0.15, 0.2) is 0 Å². The van der Waals surface area contributed by atoms with E-state index in [1.807, 2.05) is 59.2 Å². The Kier molecular flexibility index (Phi) is 5.74. The van der Waals surface area contributed by atoms with Crippen molar-refractivity contribution in [1.82, 2.24) is 25.1 Å². The van der Waals surface area contributed by atoms with Gasteiger partial charge in [0.2, 0.25) is 5.91 Å². The number of rotatable bonds is 8. The molecule has 154 valence electrons. The monoisotopic (exact) mass is 405 g/mol. The summed E-state index contributed by atoms with van der Waals surface area (Å²) < 4.78 is 1.98. The zero-order chi connectivity index (χ0) is 20.9. The van der Waals surface area contributed by atoms with Gasteiger partial charge in [-0.2, -0.15) is 0 Å². The highest BCUT2D eigenvalue weighted by Gasteiger charge is 2.37. The molecule has 1 fully saturated rings. The van der Waals surface area contributed by atoms with Crippen LogP contribution in [0.2, 0.25) is 0 Å². The van der Waals surface area contributed by atoms with Crippen molar-refractivity contribution >= 4 is 28.9 Å². The lowest BCUT2D eigenvalue weighted by molar-refractivity contribution is -0.128. The predicted molar refractivity (Wildman–Crippen MR) is 111 cm³/mol. The van der Waals surface area contributed by atoms with Gasteiger partial charge in [-0.25, -0.2) is 9.78 Å². The van der Waals surface area contributed by atoms with E-state index in [0.29, 0.717) is 13.1 Å². The van der Waals surface area contributed by atoms with E-state index in [0.717, 1.165) is 16.6 Å². The third-order valence-electron chi connectivity index (χ3n) is 5.15. The molecule has 0 unspecified atom stereocenters. The lowest BCUT2D eigenvalue weighted by Gasteiger charge is -2.13. The Morgan fingerprint density at radius 1 is 1.07 bits per heavy atom. The van der Waals surface area contributed by atoms with Crippen LogP contribution in [0.4, 0.5) is 4.79 Å². The van der Waals surface area contributed by atoms with E-state index in [4.69, 9.17) is 0 Å². The highest BCUT2D eigenvalue weighted by atomic mass is 16.2. The number of carbonyl (C=O) groups is 3. The quantitative estimate of drug-likeness (QED) is 0.561. The van der Waals surface area contributed by atoms with Gasteiger partial charge in [-0.1, -0.05) is 42.5 Å². The summed E-state index contributed by atoms with van der Waals surface area (Å²) in [5, 5.41) is 5.53. The first-order valence-electron chi connectivity index (χ1n) is 9.94. The minimum atomic E-state index is -0.662. The summed E-state index contributed by atoms with van der Waals surface area (Å²) in [6.45, 7) is 1.30. The summed E-state index contributed by atoms with van der Waals surface area (Å²) >= 11 is 0. The van der Waals surface area contributed by atoms with Crippen molar-refractivity contribution in [2.24, 2.45) is 0 Å². The molecular weight excluding hydrogens is 382 g/mol. The highest BCUT2D eigenvalue weighted by molar-refractivity contribution is 6.04. The minimum Gasteiger partial charge on any atom is -0.354 e. The fraction of sp³-hybridized carbons (Fsp3) is 0.273. The number of imide groups is 1. The zero-order valence-corrected chi connectivity index (χ0v) is 16.5. The number of nitrogens with zero attached hydrogens (tertiary/aromatic N) is 3. The van der Waals surface area contributed by atoms with Crippen molar-refractivity contribution in [3.63, 3.8) is 0 Å². The molecule has 0 saturated carbocycles. The third kappa shape index (κ3) is 4.32. The van der Waals surface area contributed by atoms with Gasteiger partial charge in [-0.3, -0.25) is 14.5 Å². The Labute approximate surface area is 173 Å². The molecule has 2 N–H and O–H groups in total. The molecule has 2 aromatic carbocycles. The Hall–Kier alpha value is -3.68. The summed E-state index contributed by atoms with van der Waals surface area (Å²) in [7, 11) is 0. The van der Waals surface area contributed by atoms with Crippen molar-refractivity contribution < 1.29 is 14.4 Å². The van der Waals surface area contributed by atoms with Gasteiger partial charge in [0.05, 0.1) is 23.9 Å². The SMILES string of the molecule is O=C(CC[C@H]1NC(=O)N(Cc2ccccc2)C1=O)NCCn1cnc2ccccc21. The molecule has 4 rings (SSSR count). The maximum atomic E-state index is 12.5. The maximum absolute atomic E-state index is 12.5. The highest BCUT2D eigenvalue weighted by Crippen LogP contribution is 2.15. The molecule has 1 aliphatic heterocycles. The third-order valence-corrected chi connectivity index (χ3v) is 5.15. The van der Waals surface area contributed by atoms with Crippen LogP contribution in [0.3, 0.4) is 0 Å². The molecule has 1 aromatic heterocycles. The van der Waals surface area contributed by atoms with Crippen LogP contribution in [0.1, 0.15) is 18.4 Å². The van der Waals surface area contributed by atoms with Crippen LogP contribution >= 0.6 is 0 Å². The van der Waals surface area contributed by atoms with Gasteiger partial charge >= 0.3 is 6.03 Å². The van der Waals surface area contributed by atoms with Gasteiger partial charge in [0.1, 0.15) is 6.04 Å². The molecule has 1 aliphatic rings. The molecule has 1 atom stereocenters. The average molecular weight is 405 g/mol. The number of para-hydroxylation sites is 2. The predicted octanol–water partition coefficient (Wildman–Crippen LogP) is 2.05. The number of imidazole rings is 1. The van der Waals surface area contributed by atoms with Crippen molar-refractivity contribution in [2.45, 2.75) is 32.0 Å². The molecule has 0 aliphatic carbocycles. The molecular formula is C22H23N5O3. The number of urea groups is 1. The van der Waals surface area contributed by atoms with Gasteiger partial charge in [-0.05, 0) is 24.1 Å². The number of fused-ring (bicyclic) bond motifs is 1. The standard InChI is InChI=1S/C22H23N5O3/c28-20(23-12-13-26-15-24-17-8-4-5-9-19(17)26)11-10-18-21(29)27(22(30)25-18)14-16-6-2-1-3-7-16/h1-9,15,18H,10-14H2,(H,23,28)(H,25,30)/t18-/m1/s1. The summed E-state index contributed by atoms with van der Waals surface area (Å²) in [5.41, 5.74) is 2.82. The van der Waals surface area contributed by atoms with Crippen molar-refractivity contribution in [1.29, 1.82) is 0 Å². The van der Waals surface area contributed by atoms with E-state index in [1.165, 1.54) is 4.90 Å². The molecule has 0 bridgehead atoms. The summed E-state index contributed by atoms with van der Waals surface area (Å²) in [5.74, 6) is -0.440. The molecule has 3 aromatic rings. The molecule has 30 heavy (non-hydrogen) atoms. The first-order chi connectivity index (χ1) is 14.6. The van der Waals surface area contributed by atoms with Crippen LogP contribution < -0.4 is 10.6 Å². The average Bonchev–Trinajstić information content (AvgIpc) is 3.29. The largest absolute Gasteiger partial charge is 0.354 e. The van der Waals surface area contributed by atoms with E-state index in [1.54, 1.807) is 6.33 Å². The maximum Gasteiger partial charge on any atom is 0.325 e. The van der Waals surface area contributed by atoms with Crippen LogP contribution in [0.5, 0.6) is 0 Å². The lowest BCUT2D eigenvalue weighted by atomic mass is 10.1. The summed E-state index contributed by atoms with van der Waals surface area (Å²) in [6, 6.07) is 16.1. The number of hydrogen-bond donors (Lipinski definition) is 2. The molecule has 2 heterocycles. The Bertz CT molecular complexity index is 1060. The number of nitrogens with one attached hydrogen (secondary N) is 2. The van der Waals surface area contributed by atoms with Gasteiger partial charge in [-0.15, -0.1) is 0 Å². The molecule has 0 spiro atoms. The molecule has 1 saturated heterocycles. The van der Waals surface area contributed by atoms with Gasteiger partial charge in [0, 0.05) is 19.5 Å². The molecule has 8 heteroatoms. The second kappa shape index (κ2) is 8.77. The fourth-order valence-corrected chi connectivity index (χ4v) is 3.56. The Morgan fingerprint density at radius 2 is 1.83 bits per heavy atom. The fourth-order valence-electron chi connectivity index (χ4n) is 3.56. The first-order valence-corrected chi connectivity index (χ1v) is 9.94. The van der Waals surface area contributed by atoms with Crippen molar-refractivity contribution in [3.8, 4) is 0 Å². The zero-order valence-electron chi connectivity index (χ0n) is 16.5. The van der Waals surface area contributed by atoms with Crippen LogP contribution in [0, 0.1) is 0 Å². The minimum absolute atomic E-state index is 0.150. The van der Waals surface area contributed by atoms with Crippen LogP contribution in [-0.4, -0.2) is 44.9 Å². The second-order valence-corrected chi connectivity index (χ2v) is 7.23. The molecule has 4 amide bonds. The van der Waals surface area contributed by atoms with Gasteiger partial charge < -0.3 is 15.2 Å². The van der Waals surface area contributed by atoms with E-state index in [-0.39, 0.29) is 31.2 Å². The number of amides is 4. The first kappa shape index (κ1) is 19.6. The van der Waals surface area contributed by atoms with E-state index < -0.39 is 12.1 Å². The number of hydrogen-bond acceptors (Lipinski definition) is 4. The van der Waals surface area contributed by atoms with Crippen LogP contribution in [0.15, 0.2) is 60.9 Å². The number of carbonyl (C=O) groups excluding carboxylic acids is 3. The Balaban J connectivity index is 1.23. The van der Waals surface area contributed by atoms with E-state index >= 15 is 0 Å². The molecule has 8 nitrogen and oxygen atoms in total. The normalized spacial score (nSPS) is 16.1. The molecule has 0 radical (unpaired) electrons. The van der Waals surface area contributed by atoms with Crippen molar-refractivity contribution in [2.75, 3.05) is 6.54 Å². The summed E-state index contributed by atoms with van der Waals surface area (Å²) in [4.78, 5) is 42.4. The van der Waals surface area contributed by atoms with E-state index in [9.17, 15) is 14.4 Å². The summed E-state index contributed by atoms with van der Waals surface area (Å²) in [6.07, 6.45) is 2.20. The number of aromatic nitrogens is 2.